The number of thiocarbonyl (C=S) groups is 4. The summed E-state index contributed by atoms with van der Waals surface area (Å²) < 4.78 is 0. The number of rotatable bonds is 15. The molecule has 2 aliphatic rings. The fourth-order valence-corrected chi connectivity index (χ4v) is 10.4. The SMILES string of the molecule is CCCCC(CC)CN1C(=S)c2ccc(-c3ccc(-c4ccc(-c5ccc6c(c5)C(=S)N(CC(CC)CCCC)C6=S)s4)s3)cc2C1=S. The first-order chi connectivity index (χ1) is 23.3. The van der Waals surface area contributed by atoms with Gasteiger partial charge >= 0.3 is 0 Å². The summed E-state index contributed by atoms with van der Waals surface area (Å²) in [7, 11) is 0. The average Bonchev–Trinajstić information content (AvgIpc) is 3.89. The summed E-state index contributed by atoms with van der Waals surface area (Å²) in [5, 5.41) is 0. The third-order valence-corrected chi connectivity index (χ3v) is 14.2. The topological polar surface area (TPSA) is 6.48 Å². The molecule has 0 bridgehead atoms. The van der Waals surface area contributed by atoms with Gasteiger partial charge in [0.1, 0.15) is 20.0 Å². The Morgan fingerprint density at radius 3 is 1.25 bits per heavy atom. The van der Waals surface area contributed by atoms with E-state index < -0.39 is 0 Å². The summed E-state index contributed by atoms with van der Waals surface area (Å²) in [4.78, 5) is 13.0. The summed E-state index contributed by atoms with van der Waals surface area (Å²) in [6.07, 6.45) is 9.70. The smallest absolute Gasteiger partial charge is 0.115 e. The Balaban J connectivity index is 1.17. The fraction of sp³-hybridized carbons (Fsp3) is 0.400. The van der Waals surface area contributed by atoms with Crippen molar-refractivity contribution < 1.29 is 0 Å². The lowest BCUT2D eigenvalue weighted by Crippen LogP contribution is -2.33. The molecule has 2 unspecified atom stereocenters. The molecule has 0 saturated heterocycles. The van der Waals surface area contributed by atoms with Crippen molar-refractivity contribution in [1.82, 2.24) is 9.80 Å². The van der Waals surface area contributed by atoms with Gasteiger partial charge < -0.3 is 9.80 Å². The number of benzene rings is 2. The molecule has 0 saturated carbocycles. The van der Waals surface area contributed by atoms with E-state index in [1.165, 1.54) is 69.2 Å². The minimum atomic E-state index is 0.611. The second-order valence-electron chi connectivity index (χ2n) is 13.1. The Morgan fingerprint density at radius 1 is 0.500 bits per heavy atom. The number of fused-ring (bicyclic) bond motifs is 2. The molecule has 4 heterocycles. The van der Waals surface area contributed by atoms with E-state index in [1.54, 1.807) is 0 Å². The molecule has 6 rings (SSSR count). The zero-order valence-electron chi connectivity index (χ0n) is 28.3. The maximum Gasteiger partial charge on any atom is 0.115 e. The van der Waals surface area contributed by atoms with E-state index in [0.717, 1.165) is 68.1 Å². The lowest BCUT2D eigenvalue weighted by molar-refractivity contribution is 0.391. The average molecular weight is 745 g/mol. The van der Waals surface area contributed by atoms with Crippen LogP contribution in [-0.4, -0.2) is 42.8 Å². The molecule has 2 aromatic heterocycles. The van der Waals surface area contributed by atoms with Crippen LogP contribution in [0.4, 0.5) is 0 Å². The first-order valence-electron chi connectivity index (χ1n) is 17.5. The predicted octanol–water partition coefficient (Wildman–Crippen LogP) is 12.6. The van der Waals surface area contributed by atoms with Crippen LogP contribution in [0, 0.1) is 11.8 Å². The van der Waals surface area contributed by atoms with Gasteiger partial charge in [-0.1, -0.05) is 139 Å². The molecule has 0 aliphatic carbocycles. The quantitative estimate of drug-likeness (QED) is 0.111. The number of nitrogens with zero attached hydrogens (tertiary/aromatic N) is 2. The molecule has 0 radical (unpaired) electrons. The highest BCUT2D eigenvalue weighted by Crippen LogP contribution is 2.42. The van der Waals surface area contributed by atoms with Gasteiger partial charge in [-0.3, -0.25) is 0 Å². The van der Waals surface area contributed by atoms with Gasteiger partial charge in [-0.15, -0.1) is 22.7 Å². The highest BCUT2D eigenvalue weighted by atomic mass is 32.1. The minimum Gasteiger partial charge on any atom is -0.322 e. The van der Waals surface area contributed by atoms with E-state index in [0.29, 0.717) is 11.8 Å². The Bertz CT molecular complexity index is 1710. The number of hydrogen-bond acceptors (Lipinski definition) is 6. The van der Waals surface area contributed by atoms with Gasteiger partial charge in [0.15, 0.2) is 0 Å². The maximum absolute atomic E-state index is 6.01. The highest BCUT2D eigenvalue weighted by molar-refractivity contribution is 7.83. The van der Waals surface area contributed by atoms with E-state index in [4.69, 9.17) is 48.9 Å². The summed E-state index contributed by atoms with van der Waals surface area (Å²) in [6, 6.07) is 22.2. The summed E-state index contributed by atoms with van der Waals surface area (Å²) in [6.45, 7) is 10.9. The first-order valence-corrected chi connectivity index (χ1v) is 20.8. The molecule has 0 spiro atoms. The van der Waals surface area contributed by atoms with Crippen LogP contribution in [0.15, 0.2) is 60.7 Å². The molecule has 0 N–H and O–H groups in total. The van der Waals surface area contributed by atoms with Gasteiger partial charge in [0.25, 0.3) is 0 Å². The monoisotopic (exact) mass is 744 g/mol. The third kappa shape index (κ3) is 7.17. The van der Waals surface area contributed by atoms with E-state index in [-0.39, 0.29) is 0 Å². The van der Waals surface area contributed by atoms with Gasteiger partial charge in [0.2, 0.25) is 0 Å². The molecule has 0 fully saturated rings. The Hall–Kier alpha value is -2.20. The number of hydrogen-bond donors (Lipinski definition) is 0. The molecule has 8 heteroatoms. The van der Waals surface area contributed by atoms with Crippen molar-refractivity contribution in [2.24, 2.45) is 11.8 Å². The number of unbranched alkanes of at least 4 members (excludes halogenated alkanes) is 2. The van der Waals surface area contributed by atoms with E-state index in [1.807, 2.05) is 22.7 Å². The number of thiophene rings is 2. The summed E-state index contributed by atoms with van der Waals surface area (Å²) in [5.41, 5.74) is 6.79. The molecule has 2 aromatic carbocycles. The van der Waals surface area contributed by atoms with Gasteiger partial charge in [-0.2, -0.15) is 0 Å². The summed E-state index contributed by atoms with van der Waals surface area (Å²) in [5.74, 6) is 1.22. The lowest BCUT2D eigenvalue weighted by Gasteiger charge is -2.24. The lowest BCUT2D eigenvalue weighted by atomic mass is 9.99. The van der Waals surface area contributed by atoms with E-state index >= 15 is 0 Å². The van der Waals surface area contributed by atoms with Crippen molar-refractivity contribution in [3.05, 3.63) is 82.9 Å². The van der Waals surface area contributed by atoms with Crippen LogP contribution in [0.2, 0.25) is 0 Å². The fourth-order valence-electron chi connectivity index (χ4n) is 6.82. The predicted molar refractivity (Wildman–Crippen MR) is 225 cm³/mol. The van der Waals surface area contributed by atoms with Gasteiger partial charge in [-0.25, -0.2) is 0 Å². The van der Waals surface area contributed by atoms with Crippen molar-refractivity contribution in [2.75, 3.05) is 13.1 Å². The third-order valence-electron chi connectivity index (χ3n) is 9.93. The van der Waals surface area contributed by atoms with Crippen LogP contribution in [0.3, 0.4) is 0 Å². The van der Waals surface area contributed by atoms with E-state index in [9.17, 15) is 0 Å². The van der Waals surface area contributed by atoms with Gasteiger partial charge in [0.05, 0.1) is 0 Å². The molecule has 48 heavy (non-hydrogen) atoms. The van der Waals surface area contributed by atoms with Crippen LogP contribution in [-0.2, 0) is 0 Å². The molecule has 4 aromatic rings. The van der Waals surface area contributed by atoms with E-state index in [2.05, 4.69) is 98.2 Å². The van der Waals surface area contributed by atoms with Crippen molar-refractivity contribution in [3.63, 3.8) is 0 Å². The van der Waals surface area contributed by atoms with Crippen LogP contribution in [0.1, 0.15) is 101 Å². The molecular formula is C40H44N2S6. The van der Waals surface area contributed by atoms with Crippen molar-refractivity contribution >= 4 is 91.5 Å². The van der Waals surface area contributed by atoms with Crippen molar-refractivity contribution in [3.8, 4) is 30.6 Å². The van der Waals surface area contributed by atoms with Crippen molar-refractivity contribution in [1.29, 1.82) is 0 Å². The summed E-state index contributed by atoms with van der Waals surface area (Å²) >= 11 is 27.5. The van der Waals surface area contributed by atoms with Crippen LogP contribution < -0.4 is 0 Å². The second kappa shape index (κ2) is 15.8. The normalized spacial score (nSPS) is 15.4. The molecule has 2 aliphatic heterocycles. The van der Waals surface area contributed by atoms with Gasteiger partial charge in [0, 0.05) is 54.9 Å². The minimum absolute atomic E-state index is 0.611. The molecule has 0 amide bonds. The highest BCUT2D eigenvalue weighted by Gasteiger charge is 2.32. The molecule has 2 atom stereocenters. The molecule has 250 valence electrons. The zero-order valence-corrected chi connectivity index (χ0v) is 33.2. The second-order valence-corrected chi connectivity index (χ2v) is 16.8. The van der Waals surface area contributed by atoms with Gasteiger partial charge in [-0.05, 0) is 72.2 Å². The first kappa shape index (κ1) is 35.6. The molecular weight excluding hydrogens is 701 g/mol. The zero-order chi connectivity index (χ0) is 33.9. The Labute approximate surface area is 316 Å². The largest absolute Gasteiger partial charge is 0.322 e. The van der Waals surface area contributed by atoms with Crippen LogP contribution >= 0.6 is 71.5 Å². The standard InChI is InChI=1S/C40H44N2S6/c1-5-9-11-25(7-3)23-41-37(43)29-15-13-27(21-31(29)39(41)45)33-17-19-35(47-33)36-20-18-34(48-36)28-14-16-30-32(22-28)40(46)42(38(30)44)24-26(8-4)12-10-6-2/h13-22,25-26H,5-12,23-24H2,1-4H3. The van der Waals surface area contributed by atoms with Crippen LogP contribution in [0.25, 0.3) is 30.6 Å². The van der Waals surface area contributed by atoms with Crippen LogP contribution in [0.5, 0.6) is 0 Å². The Morgan fingerprint density at radius 2 is 0.875 bits per heavy atom. The molecule has 2 nitrogen and oxygen atoms in total. The Kier molecular flexibility index (Phi) is 11.7. The maximum atomic E-state index is 6.01. The van der Waals surface area contributed by atoms with Crippen molar-refractivity contribution in [2.45, 2.75) is 79.1 Å².